The van der Waals surface area contributed by atoms with Crippen LogP contribution in [0.2, 0.25) is 0 Å². The van der Waals surface area contributed by atoms with E-state index in [1.807, 2.05) is 58.7 Å². The van der Waals surface area contributed by atoms with E-state index >= 15 is 0 Å². The van der Waals surface area contributed by atoms with Crippen molar-refractivity contribution in [3.8, 4) is 11.4 Å². The largest absolute Gasteiger partial charge is 0.494 e. The molecular formula is C17H13N3O2S2. The van der Waals surface area contributed by atoms with Crippen LogP contribution < -0.4 is 10.1 Å². The lowest BCUT2D eigenvalue weighted by Crippen LogP contribution is -2.12. The average Bonchev–Trinajstić information content (AvgIpc) is 3.32. The summed E-state index contributed by atoms with van der Waals surface area (Å²) in [4.78, 5) is 17.8. The Morgan fingerprint density at radius 2 is 2.04 bits per heavy atom. The van der Waals surface area contributed by atoms with Crippen LogP contribution in [0.15, 0.2) is 54.2 Å². The summed E-state index contributed by atoms with van der Waals surface area (Å²) in [6.45, 7) is 0. The van der Waals surface area contributed by atoms with E-state index in [-0.39, 0.29) is 5.91 Å². The minimum Gasteiger partial charge on any atom is -0.494 e. The van der Waals surface area contributed by atoms with Crippen molar-refractivity contribution < 1.29 is 9.53 Å². The number of anilines is 1. The first-order valence-electron chi connectivity index (χ1n) is 7.22. The predicted molar refractivity (Wildman–Crippen MR) is 97.8 cm³/mol. The highest BCUT2D eigenvalue weighted by Gasteiger charge is 2.17. The molecule has 1 amide bonds. The Kier molecular flexibility index (Phi) is 3.79. The third-order valence-corrected chi connectivity index (χ3v) is 5.39. The fraction of sp³-hybridized carbons (Fsp3) is 0.0588. The molecule has 0 aliphatic rings. The summed E-state index contributed by atoms with van der Waals surface area (Å²) in [5.41, 5.74) is 1.62. The molecule has 0 saturated carbocycles. The number of para-hydroxylation sites is 1. The Bertz CT molecular complexity index is 1000. The Morgan fingerprint density at radius 3 is 2.83 bits per heavy atom. The molecule has 24 heavy (non-hydrogen) atoms. The fourth-order valence-electron chi connectivity index (χ4n) is 2.47. The second-order valence-corrected chi connectivity index (χ2v) is 6.95. The quantitative estimate of drug-likeness (QED) is 0.590. The van der Waals surface area contributed by atoms with Crippen LogP contribution in [0.1, 0.15) is 9.67 Å². The molecule has 0 saturated heterocycles. The van der Waals surface area contributed by atoms with Crippen LogP contribution in [0, 0.1) is 0 Å². The summed E-state index contributed by atoms with van der Waals surface area (Å²) in [6.07, 6.45) is 3.84. The van der Waals surface area contributed by atoms with Gasteiger partial charge in [0.1, 0.15) is 16.1 Å². The number of thiophene rings is 1. The smallest absolute Gasteiger partial charge is 0.269 e. The van der Waals surface area contributed by atoms with Gasteiger partial charge in [0.15, 0.2) is 5.13 Å². The van der Waals surface area contributed by atoms with Crippen LogP contribution in [0.5, 0.6) is 5.75 Å². The maximum atomic E-state index is 12.6. The lowest BCUT2D eigenvalue weighted by Gasteiger charge is -2.04. The number of ether oxygens (including phenoxy) is 1. The van der Waals surface area contributed by atoms with Crippen LogP contribution in [-0.2, 0) is 0 Å². The number of aromatic nitrogens is 2. The van der Waals surface area contributed by atoms with Crippen molar-refractivity contribution in [2.75, 3.05) is 12.4 Å². The molecule has 1 N–H and O–H groups in total. The van der Waals surface area contributed by atoms with Crippen molar-refractivity contribution in [2.24, 2.45) is 0 Å². The molecule has 120 valence electrons. The predicted octanol–water partition coefficient (Wildman–Crippen LogP) is 4.41. The van der Waals surface area contributed by atoms with Gasteiger partial charge in [0.2, 0.25) is 0 Å². The molecule has 7 heteroatoms. The van der Waals surface area contributed by atoms with Crippen molar-refractivity contribution in [3.63, 3.8) is 0 Å². The fourth-order valence-corrected chi connectivity index (χ4v) is 4.13. The summed E-state index contributed by atoms with van der Waals surface area (Å²) in [5.74, 6) is 0.542. The van der Waals surface area contributed by atoms with E-state index in [0.717, 1.165) is 15.9 Å². The zero-order valence-electron chi connectivity index (χ0n) is 12.7. The van der Waals surface area contributed by atoms with Crippen LogP contribution in [0.25, 0.3) is 15.9 Å². The van der Waals surface area contributed by atoms with Gasteiger partial charge in [-0.15, -0.1) is 11.3 Å². The van der Waals surface area contributed by atoms with Crippen LogP contribution >= 0.6 is 22.7 Å². The van der Waals surface area contributed by atoms with E-state index in [0.29, 0.717) is 15.8 Å². The highest BCUT2D eigenvalue weighted by molar-refractivity contribution is 7.22. The average molecular weight is 355 g/mol. The SMILES string of the molecule is COc1cccc2sc(NC(=O)c3sccc3-n3cccc3)nc12. The van der Waals surface area contributed by atoms with Crippen molar-refractivity contribution in [2.45, 2.75) is 0 Å². The summed E-state index contributed by atoms with van der Waals surface area (Å²) < 4.78 is 8.21. The number of carbonyl (C=O) groups is 1. The second-order valence-electron chi connectivity index (χ2n) is 5.01. The number of thiazole rings is 1. The van der Waals surface area contributed by atoms with Crippen molar-refractivity contribution in [1.29, 1.82) is 0 Å². The first-order chi connectivity index (χ1) is 11.8. The van der Waals surface area contributed by atoms with E-state index in [1.54, 1.807) is 7.11 Å². The Labute approximate surface area is 146 Å². The molecule has 0 spiro atoms. The summed E-state index contributed by atoms with van der Waals surface area (Å²) >= 11 is 2.84. The van der Waals surface area contributed by atoms with E-state index in [2.05, 4.69) is 10.3 Å². The van der Waals surface area contributed by atoms with E-state index in [1.165, 1.54) is 22.7 Å². The number of hydrogen-bond acceptors (Lipinski definition) is 5. The monoisotopic (exact) mass is 355 g/mol. The lowest BCUT2D eigenvalue weighted by molar-refractivity contribution is 0.103. The summed E-state index contributed by atoms with van der Waals surface area (Å²) in [7, 11) is 1.61. The molecule has 0 unspecified atom stereocenters. The Morgan fingerprint density at radius 1 is 1.21 bits per heavy atom. The van der Waals surface area contributed by atoms with Gasteiger partial charge in [0.25, 0.3) is 5.91 Å². The molecule has 3 heterocycles. The minimum absolute atomic E-state index is 0.160. The third-order valence-electron chi connectivity index (χ3n) is 3.56. The van der Waals surface area contributed by atoms with Gasteiger partial charge in [0, 0.05) is 12.4 Å². The lowest BCUT2D eigenvalue weighted by atomic mass is 10.3. The van der Waals surface area contributed by atoms with Gasteiger partial charge in [0.05, 0.1) is 17.5 Å². The summed E-state index contributed by atoms with van der Waals surface area (Å²) in [5, 5.41) is 5.37. The van der Waals surface area contributed by atoms with Gasteiger partial charge in [-0.2, -0.15) is 0 Å². The first-order valence-corrected chi connectivity index (χ1v) is 8.91. The molecule has 4 rings (SSSR count). The van der Waals surface area contributed by atoms with Crippen molar-refractivity contribution in [1.82, 2.24) is 9.55 Å². The first kappa shape index (κ1) is 14.9. The molecule has 0 aliphatic heterocycles. The molecular weight excluding hydrogens is 342 g/mol. The number of hydrogen-bond donors (Lipinski definition) is 1. The number of amides is 1. The maximum absolute atomic E-state index is 12.6. The van der Waals surface area contributed by atoms with Gasteiger partial charge in [-0.05, 0) is 35.7 Å². The number of benzene rings is 1. The molecule has 5 nitrogen and oxygen atoms in total. The third kappa shape index (κ3) is 2.57. The van der Waals surface area contributed by atoms with Gasteiger partial charge in [-0.25, -0.2) is 4.98 Å². The van der Waals surface area contributed by atoms with E-state index < -0.39 is 0 Å². The molecule has 0 fully saturated rings. The second kappa shape index (κ2) is 6.10. The standard InChI is InChI=1S/C17H13N3O2S2/c1-22-12-5-4-6-13-14(12)18-17(24-13)19-16(21)15-11(7-10-23-15)20-8-2-3-9-20/h2-10H,1H3,(H,18,19,21). The normalized spacial score (nSPS) is 10.9. The zero-order chi connectivity index (χ0) is 16.5. The summed E-state index contributed by atoms with van der Waals surface area (Å²) in [6, 6.07) is 11.5. The van der Waals surface area contributed by atoms with Crippen LogP contribution in [-0.4, -0.2) is 22.6 Å². The Hall–Kier alpha value is -2.64. The highest BCUT2D eigenvalue weighted by atomic mass is 32.1. The number of carbonyl (C=O) groups excluding carboxylic acids is 1. The maximum Gasteiger partial charge on any atom is 0.269 e. The topological polar surface area (TPSA) is 56.1 Å². The van der Waals surface area contributed by atoms with Crippen LogP contribution in [0.3, 0.4) is 0 Å². The molecule has 3 aromatic heterocycles. The molecule has 0 aliphatic carbocycles. The van der Waals surface area contributed by atoms with Crippen molar-refractivity contribution >= 4 is 43.9 Å². The zero-order valence-corrected chi connectivity index (χ0v) is 14.4. The molecule has 0 bridgehead atoms. The number of methoxy groups -OCH3 is 1. The van der Waals surface area contributed by atoms with Crippen molar-refractivity contribution in [3.05, 3.63) is 59.0 Å². The van der Waals surface area contributed by atoms with Gasteiger partial charge < -0.3 is 9.30 Å². The number of nitrogens with one attached hydrogen (secondary N) is 1. The van der Waals surface area contributed by atoms with Gasteiger partial charge >= 0.3 is 0 Å². The highest BCUT2D eigenvalue weighted by Crippen LogP contribution is 2.32. The molecule has 1 aromatic carbocycles. The number of fused-ring (bicyclic) bond motifs is 1. The van der Waals surface area contributed by atoms with Gasteiger partial charge in [-0.1, -0.05) is 17.4 Å². The molecule has 0 radical (unpaired) electrons. The van der Waals surface area contributed by atoms with Crippen LogP contribution in [0.4, 0.5) is 5.13 Å². The minimum atomic E-state index is -0.160. The van der Waals surface area contributed by atoms with E-state index in [4.69, 9.17) is 4.74 Å². The van der Waals surface area contributed by atoms with Gasteiger partial charge in [-0.3, -0.25) is 10.1 Å². The number of nitrogens with zero attached hydrogens (tertiary/aromatic N) is 2. The Balaban J connectivity index is 1.65. The molecule has 0 atom stereocenters. The number of rotatable bonds is 4. The molecule has 4 aromatic rings. The van der Waals surface area contributed by atoms with E-state index in [9.17, 15) is 4.79 Å².